The molecule has 0 aliphatic carbocycles. The van der Waals surface area contributed by atoms with Crippen molar-refractivity contribution in [3.05, 3.63) is 82.4 Å². The quantitative estimate of drug-likeness (QED) is 0.556. The number of benzene rings is 1. The molecule has 1 N–H and O–H groups in total. The van der Waals surface area contributed by atoms with Crippen LogP contribution in [0, 0.1) is 10.1 Å². The number of furan rings is 1. The van der Waals surface area contributed by atoms with E-state index < -0.39 is 4.92 Å². The van der Waals surface area contributed by atoms with Crippen LogP contribution >= 0.6 is 0 Å². The normalized spacial score (nSPS) is 10.6. The van der Waals surface area contributed by atoms with Crippen molar-refractivity contribution in [2.45, 2.75) is 13.1 Å². The zero-order valence-electron chi connectivity index (χ0n) is 12.3. The highest BCUT2D eigenvalue weighted by atomic mass is 16.6. The Labute approximate surface area is 132 Å². The van der Waals surface area contributed by atoms with Gasteiger partial charge in [0, 0.05) is 36.6 Å². The van der Waals surface area contributed by atoms with Crippen LogP contribution in [-0.4, -0.2) is 9.91 Å². The van der Waals surface area contributed by atoms with E-state index >= 15 is 0 Å². The predicted molar refractivity (Wildman–Crippen MR) is 85.6 cm³/mol. The number of nitrogens with zero attached hydrogens (tertiary/aromatic N) is 2. The molecule has 0 aliphatic rings. The maximum atomic E-state index is 10.7. The van der Waals surface area contributed by atoms with Crippen molar-refractivity contribution < 1.29 is 9.34 Å². The summed E-state index contributed by atoms with van der Waals surface area (Å²) in [5, 5.41) is 13.9. The summed E-state index contributed by atoms with van der Waals surface area (Å²) in [4.78, 5) is 14.3. The van der Waals surface area contributed by atoms with Gasteiger partial charge in [-0.3, -0.25) is 15.1 Å². The second kappa shape index (κ2) is 6.85. The number of hydrogen-bond donors (Lipinski definition) is 1. The summed E-state index contributed by atoms with van der Waals surface area (Å²) in [6, 6.07) is 14.0. The minimum absolute atomic E-state index is 0.0682. The molecule has 0 aliphatic heterocycles. The van der Waals surface area contributed by atoms with Crippen molar-refractivity contribution in [3.8, 4) is 11.3 Å². The van der Waals surface area contributed by atoms with Gasteiger partial charge in [-0.1, -0.05) is 6.07 Å². The highest BCUT2D eigenvalue weighted by Crippen LogP contribution is 2.24. The van der Waals surface area contributed by atoms with Gasteiger partial charge in [0.2, 0.25) is 0 Å². The number of pyridine rings is 1. The third kappa shape index (κ3) is 3.81. The van der Waals surface area contributed by atoms with Crippen LogP contribution in [0.15, 0.2) is 65.3 Å². The van der Waals surface area contributed by atoms with Crippen molar-refractivity contribution in [1.82, 2.24) is 10.3 Å². The molecule has 3 rings (SSSR count). The van der Waals surface area contributed by atoms with E-state index in [-0.39, 0.29) is 5.69 Å². The molecule has 23 heavy (non-hydrogen) atoms. The number of nitro benzene ring substituents is 1. The number of aromatic nitrogens is 1. The zero-order chi connectivity index (χ0) is 16.1. The van der Waals surface area contributed by atoms with E-state index in [1.165, 1.54) is 12.1 Å². The van der Waals surface area contributed by atoms with Crippen molar-refractivity contribution in [2.24, 2.45) is 0 Å². The molecule has 0 radical (unpaired) electrons. The molecule has 3 aromatic rings. The Morgan fingerprint density at radius 2 is 1.91 bits per heavy atom. The molecule has 2 heterocycles. The number of nitro groups is 1. The topological polar surface area (TPSA) is 81.2 Å². The lowest BCUT2D eigenvalue weighted by molar-refractivity contribution is -0.384. The minimum Gasteiger partial charge on any atom is -0.460 e. The van der Waals surface area contributed by atoms with E-state index in [1.807, 2.05) is 30.5 Å². The fourth-order valence-electron chi connectivity index (χ4n) is 2.21. The first kappa shape index (κ1) is 14.9. The molecule has 6 nitrogen and oxygen atoms in total. The molecule has 0 unspecified atom stereocenters. The van der Waals surface area contributed by atoms with Gasteiger partial charge < -0.3 is 9.73 Å². The Balaban J connectivity index is 1.60. The van der Waals surface area contributed by atoms with Crippen molar-refractivity contribution in [1.29, 1.82) is 0 Å². The van der Waals surface area contributed by atoms with E-state index in [0.717, 1.165) is 16.9 Å². The fourth-order valence-corrected chi connectivity index (χ4v) is 2.21. The second-order valence-corrected chi connectivity index (χ2v) is 5.03. The smallest absolute Gasteiger partial charge is 0.269 e. The average molecular weight is 309 g/mol. The van der Waals surface area contributed by atoms with Crippen molar-refractivity contribution in [2.75, 3.05) is 0 Å². The Bertz CT molecular complexity index is 782. The summed E-state index contributed by atoms with van der Waals surface area (Å²) in [6.07, 6.45) is 3.56. The number of nitrogens with one attached hydrogen (secondary N) is 1. The summed E-state index contributed by atoms with van der Waals surface area (Å²) >= 11 is 0. The first-order chi connectivity index (χ1) is 11.2. The number of non-ortho nitro benzene ring substituents is 1. The summed E-state index contributed by atoms with van der Waals surface area (Å²) in [6.45, 7) is 1.31. The molecule has 0 amide bonds. The van der Waals surface area contributed by atoms with Crippen LogP contribution in [0.3, 0.4) is 0 Å². The molecule has 0 fully saturated rings. The second-order valence-electron chi connectivity index (χ2n) is 5.03. The molecule has 0 bridgehead atoms. The summed E-state index contributed by atoms with van der Waals surface area (Å²) in [7, 11) is 0. The van der Waals surface area contributed by atoms with E-state index in [4.69, 9.17) is 4.42 Å². The standard InChI is InChI=1S/C17H15N3O3/c21-20(22)15-5-3-14(4-6-15)17-8-7-16(23-17)12-19-11-13-2-1-9-18-10-13/h1-10,19H,11-12H2. The molecule has 0 saturated heterocycles. The van der Waals surface area contributed by atoms with Crippen molar-refractivity contribution in [3.63, 3.8) is 0 Å². The first-order valence-electron chi connectivity index (χ1n) is 7.15. The van der Waals surface area contributed by atoms with E-state index in [1.54, 1.807) is 18.3 Å². The molecule has 6 heteroatoms. The molecule has 116 valence electrons. The van der Waals surface area contributed by atoms with Crippen LogP contribution in [0.5, 0.6) is 0 Å². The monoisotopic (exact) mass is 309 g/mol. The van der Waals surface area contributed by atoms with Gasteiger partial charge in [0.15, 0.2) is 0 Å². The van der Waals surface area contributed by atoms with Gasteiger partial charge in [-0.25, -0.2) is 0 Å². The van der Waals surface area contributed by atoms with E-state index in [9.17, 15) is 10.1 Å². The van der Waals surface area contributed by atoms with E-state index in [0.29, 0.717) is 18.8 Å². The van der Waals surface area contributed by atoms with Gasteiger partial charge in [-0.15, -0.1) is 0 Å². The minimum atomic E-state index is -0.417. The van der Waals surface area contributed by atoms with Crippen LogP contribution < -0.4 is 5.32 Å². The maximum absolute atomic E-state index is 10.7. The SMILES string of the molecule is O=[N+]([O-])c1ccc(-c2ccc(CNCc3cccnc3)o2)cc1. The fraction of sp³-hybridized carbons (Fsp3) is 0.118. The van der Waals surface area contributed by atoms with E-state index in [2.05, 4.69) is 10.3 Å². The van der Waals surface area contributed by atoms with Crippen LogP contribution in [0.25, 0.3) is 11.3 Å². The van der Waals surface area contributed by atoms with Gasteiger partial charge in [0.1, 0.15) is 11.5 Å². The Morgan fingerprint density at radius 1 is 1.09 bits per heavy atom. The summed E-state index contributed by atoms with van der Waals surface area (Å²) in [5.41, 5.74) is 1.99. The van der Waals surface area contributed by atoms with Crippen LogP contribution in [-0.2, 0) is 13.1 Å². The largest absolute Gasteiger partial charge is 0.460 e. The lowest BCUT2D eigenvalue weighted by atomic mass is 10.1. The Hall–Kier alpha value is -2.99. The zero-order valence-corrected chi connectivity index (χ0v) is 12.3. The number of hydrogen-bond acceptors (Lipinski definition) is 5. The van der Waals surface area contributed by atoms with Gasteiger partial charge in [0.25, 0.3) is 5.69 Å². The lowest BCUT2D eigenvalue weighted by Gasteiger charge is -2.02. The predicted octanol–water partition coefficient (Wildman–Crippen LogP) is 3.54. The number of rotatable bonds is 6. The molecule has 0 spiro atoms. The van der Waals surface area contributed by atoms with Crippen molar-refractivity contribution >= 4 is 5.69 Å². The third-order valence-corrected chi connectivity index (χ3v) is 3.38. The molecular formula is C17H15N3O3. The van der Waals surface area contributed by atoms with Gasteiger partial charge >= 0.3 is 0 Å². The highest BCUT2D eigenvalue weighted by molar-refractivity contribution is 5.59. The first-order valence-corrected chi connectivity index (χ1v) is 7.15. The maximum Gasteiger partial charge on any atom is 0.269 e. The van der Waals surface area contributed by atoms with Gasteiger partial charge in [0.05, 0.1) is 11.5 Å². The molecule has 0 atom stereocenters. The Kier molecular flexibility index (Phi) is 4.44. The molecule has 2 aromatic heterocycles. The van der Waals surface area contributed by atoms with Crippen LogP contribution in [0.1, 0.15) is 11.3 Å². The van der Waals surface area contributed by atoms with Crippen LogP contribution in [0.2, 0.25) is 0 Å². The van der Waals surface area contributed by atoms with Crippen LogP contribution in [0.4, 0.5) is 5.69 Å². The third-order valence-electron chi connectivity index (χ3n) is 3.38. The summed E-state index contributed by atoms with van der Waals surface area (Å²) < 4.78 is 5.76. The Morgan fingerprint density at radius 3 is 2.61 bits per heavy atom. The molecule has 0 saturated carbocycles. The molecular weight excluding hydrogens is 294 g/mol. The molecule has 1 aromatic carbocycles. The average Bonchev–Trinajstić information content (AvgIpc) is 3.05. The van der Waals surface area contributed by atoms with Gasteiger partial charge in [-0.2, -0.15) is 0 Å². The lowest BCUT2D eigenvalue weighted by Crippen LogP contribution is -2.12. The summed E-state index contributed by atoms with van der Waals surface area (Å²) in [5.74, 6) is 1.50. The van der Waals surface area contributed by atoms with Gasteiger partial charge in [-0.05, 0) is 35.9 Å². The highest BCUT2D eigenvalue weighted by Gasteiger charge is 2.08.